The van der Waals surface area contributed by atoms with Gasteiger partial charge in [0, 0.05) is 5.56 Å². The number of benzene rings is 1. The summed E-state index contributed by atoms with van der Waals surface area (Å²) in [5, 5.41) is 11.5. The smallest absolute Gasteiger partial charge is 0.170 e. The third kappa shape index (κ3) is 3.47. The van der Waals surface area contributed by atoms with E-state index in [0.29, 0.717) is 12.7 Å². The van der Waals surface area contributed by atoms with E-state index < -0.39 is 0 Å². The van der Waals surface area contributed by atoms with Crippen molar-refractivity contribution in [1.82, 2.24) is 0 Å². The lowest BCUT2D eigenvalue weighted by molar-refractivity contribution is 0.0169. The molecule has 0 aromatic heterocycles. The molecule has 0 unspecified atom stereocenters. The average molecular weight is 248 g/mol. The Balaban J connectivity index is 1.86. The Kier molecular flexibility index (Phi) is 4.59. The molecule has 18 heavy (non-hydrogen) atoms. The van der Waals surface area contributed by atoms with Gasteiger partial charge in [-0.3, -0.25) is 0 Å². The van der Waals surface area contributed by atoms with Crippen LogP contribution in [0.5, 0.6) is 0 Å². The van der Waals surface area contributed by atoms with Gasteiger partial charge in [0.1, 0.15) is 0 Å². The highest BCUT2D eigenvalue weighted by Gasteiger charge is 2.13. The molecule has 0 amide bonds. The number of nitrogens with zero attached hydrogens (tertiary/aromatic N) is 1. The van der Waals surface area contributed by atoms with Gasteiger partial charge in [-0.2, -0.15) is 0 Å². The Hall–Kier alpha value is -1.55. The molecule has 0 saturated heterocycles. The lowest BCUT2D eigenvalue weighted by Gasteiger charge is -2.22. The van der Waals surface area contributed by atoms with Gasteiger partial charge < -0.3 is 15.7 Å². The summed E-state index contributed by atoms with van der Waals surface area (Å²) in [5.41, 5.74) is 7.35. The molecular weight excluding hydrogens is 228 g/mol. The maximum atomic E-state index is 8.57. The van der Waals surface area contributed by atoms with Crippen LogP contribution in [0.2, 0.25) is 0 Å². The third-order valence-electron chi connectivity index (χ3n) is 3.40. The van der Waals surface area contributed by atoms with E-state index in [4.69, 9.17) is 15.7 Å². The van der Waals surface area contributed by atoms with Crippen molar-refractivity contribution in [3.05, 3.63) is 35.4 Å². The normalized spacial score (nSPS) is 17.9. The summed E-state index contributed by atoms with van der Waals surface area (Å²) < 4.78 is 5.88. The monoisotopic (exact) mass is 248 g/mol. The summed E-state index contributed by atoms with van der Waals surface area (Å²) >= 11 is 0. The summed E-state index contributed by atoms with van der Waals surface area (Å²) in [5.74, 6) is 0.134. The minimum Gasteiger partial charge on any atom is -0.409 e. The minimum atomic E-state index is 0.134. The van der Waals surface area contributed by atoms with E-state index in [-0.39, 0.29) is 5.84 Å². The number of oxime groups is 1. The molecule has 0 atom stereocenters. The first-order chi connectivity index (χ1) is 8.79. The van der Waals surface area contributed by atoms with E-state index in [9.17, 15) is 0 Å². The van der Waals surface area contributed by atoms with Crippen LogP contribution >= 0.6 is 0 Å². The number of rotatable bonds is 4. The van der Waals surface area contributed by atoms with Gasteiger partial charge in [-0.05, 0) is 18.4 Å². The van der Waals surface area contributed by atoms with E-state index in [1.165, 1.54) is 32.1 Å². The van der Waals surface area contributed by atoms with Crippen LogP contribution in [0, 0.1) is 0 Å². The lowest BCUT2D eigenvalue weighted by atomic mass is 9.98. The van der Waals surface area contributed by atoms with Gasteiger partial charge in [0.15, 0.2) is 5.84 Å². The first-order valence-electron chi connectivity index (χ1n) is 6.48. The zero-order chi connectivity index (χ0) is 12.8. The van der Waals surface area contributed by atoms with Crippen molar-refractivity contribution in [1.29, 1.82) is 0 Å². The highest BCUT2D eigenvalue weighted by atomic mass is 16.5. The molecular formula is C14H20N2O2. The Labute approximate surface area is 107 Å². The summed E-state index contributed by atoms with van der Waals surface area (Å²) in [7, 11) is 0. The van der Waals surface area contributed by atoms with E-state index in [1.54, 1.807) is 0 Å². The van der Waals surface area contributed by atoms with Gasteiger partial charge in [-0.15, -0.1) is 0 Å². The van der Waals surface area contributed by atoms with Crippen molar-refractivity contribution in [2.75, 3.05) is 0 Å². The molecule has 4 heteroatoms. The van der Waals surface area contributed by atoms with E-state index >= 15 is 0 Å². The Morgan fingerprint density at radius 2 is 1.89 bits per heavy atom. The fourth-order valence-corrected chi connectivity index (χ4v) is 2.28. The van der Waals surface area contributed by atoms with Gasteiger partial charge in [0.2, 0.25) is 0 Å². The Bertz CT molecular complexity index is 395. The molecule has 2 rings (SSSR count). The molecule has 98 valence electrons. The first kappa shape index (κ1) is 12.9. The summed E-state index contributed by atoms with van der Waals surface area (Å²) in [6, 6.07) is 7.59. The van der Waals surface area contributed by atoms with Crippen LogP contribution in [0.15, 0.2) is 29.4 Å². The summed E-state index contributed by atoms with van der Waals surface area (Å²) in [6.45, 7) is 0.640. The zero-order valence-electron chi connectivity index (χ0n) is 10.5. The molecule has 1 saturated carbocycles. The molecule has 4 nitrogen and oxygen atoms in total. The summed E-state index contributed by atoms with van der Waals surface area (Å²) in [6.07, 6.45) is 6.70. The number of hydrogen-bond acceptors (Lipinski definition) is 3. The average Bonchev–Trinajstić information content (AvgIpc) is 2.46. The van der Waals surface area contributed by atoms with Crippen LogP contribution in [0.4, 0.5) is 0 Å². The fraction of sp³-hybridized carbons (Fsp3) is 0.500. The number of ether oxygens (including phenoxy) is 1. The van der Waals surface area contributed by atoms with Crippen LogP contribution < -0.4 is 5.73 Å². The Morgan fingerprint density at radius 1 is 1.22 bits per heavy atom. The van der Waals surface area contributed by atoms with Gasteiger partial charge in [0.25, 0.3) is 0 Å². The molecule has 1 fully saturated rings. The van der Waals surface area contributed by atoms with Crippen molar-refractivity contribution < 1.29 is 9.94 Å². The molecule has 0 radical (unpaired) electrons. The lowest BCUT2D eigenvalue weighted by Crippen LogP contribution is -2.16. The van der Waals surface area contributed by atoms with Gasteiger partial charge in [-0.25, -0.2) is 0 Å². The molecule has 1 aromatic rings. The first-order valence-corrected chi connectivity index (χ1v) is 6.48. The Morgan fingerprint density at radius 3 is 2.50 bits per heavy atom. The second-order valence-electron chi connectivity index (χ2n) is 4.75. The number of hydrogen-bond donors (Lipinski definition) is 2. The second kappa shape index (κ2) is 6.40. The minimum absolute atomic E-state index is 0.134. The highest BCUT2D eigenvalue weighted by molar-refractivity contribution is 5.96. The van der Waals surface area contributed by atoms with Gasteiger partial charge in [-0.1, -0.05) is 48.7 Å². The topological polar surface area (TPSA) is 67.8 Å². The van der Waals surface area contributed by atoms with E-state index in [0.717, 1.165) is 11.1 Å². The van der Waals surface area contributed by atoms with Gasteiger partial charge in [0.05, 0.1) is 12.7 Å². The van der Waals surface area contributed by atoms with Crippen molar-refractivity contribution >= 4 is 5.84 Å². The van der Waals surface area contributed by atoms with Crippen LogP contribution in [0.1, 0.15) is 43.2 Å². The van der Waals surface area contributed by atoms with Crippen LogP contribution in [-0.4, -0.2) is 17.1 Å². The highest BCUT2D eigenvalue weighted by Crippen LogP contribution is 2.21. The largest absolute Gasteiger partial charge is 0.409 e. The molecule has 1 aromatic carbocycles. The van der Waals surface area contributed by atoms with Crippen molar-refractivity contribution in [3.8, 4) is 0 Å². The van der Waals surface area contributed by atoms with E-state index in [2.05, 4.69) is 5.16 Å². The van der Waals surface area contributed by atoms with Gasteiger partial charge >= 0.3 is 0 Å². The molecule has 1 aliphatic carbocycles. The number of nitrogens with two attached hydrogens (primary N) is 1. The molecule has 1 aliphatic rings. The fourth-order valence-electron chi connectivity index (χ4n) is 2.28. The molecule has 0 aliphatic heterocycles. The maximum Gasteiger partial charge on any atom is 0.170 e. The van der Waals surface area contributed by atoms with Crippen LogP contribution in [0.3, 0.4) is 0 Å². The van der Waals surface area contributed by atoms with Crippen molar-refractivity contribution in [2.45, 2.75) is 44.8 Å². The third-order valence-corrected chi connectivity index (χ3v) is 3.40. The second-order valence-corrected chi connectivity index (χ2v) is 4.75. The standard InChI is InChI=1S/C14H20N2O2/c15-14(16-17)12-8-6-11(7-9-12)10-18-13-4-2-1-3-5-13/h6-9,13,17H,1-5,10H2,(H2,15,16). The number of amidine groups is 1. The maximum absolute atomic E-state index is 8.57. The summed E-state index contributed by atoms with van der Waals surface area (Å²) in [4.78, 5) is 0. The van der Waals surface area contributed by atoms with Crippen molar-refractivity contribution in [3.63, 3.8) is 0 Å². The quantitative estimate of drug-likeness (QED) is 0.372. The molecule has 0 bridgehead atoms. The molecule has 0 heterocycles. The van der Waals surface area contributed by atoms with Crippen LogP contribution in [0.25, 0.3) is 0 Å². The molecule has 3 N–H and O–H groups in total. The zero-order valence-corrected chi connectivity index (χ0v) is 10.5. The predicted octanol–water partition coefficient (Wildman–Crippen LogP) is 2.63. The molecule has 0 spiro atoms. The van der Waals surface area contributed by atoms with Crippen LogP contribution in [-0.2, 0) is 11.3 Å². The van der Waals surface area contributed by atoms with Crippen molar-refractivity contribution in [2.24, 2.45) is 10.9 Å². The van der Waals surface area contributed by atoms with E-state index in [1.807, 2.05) is 24.3 Å². The predicted molar refractivity (Wildman–Crippen MR) is 70.6 cm³/mol. The SMILES string of the molecule is N/C(=N\O)c1ccc(COC2CCCCC2)cc1.